The van der Waals surface area contributed by atoms with Crippen molar-refractivity contribution in [3.63, 3.8) is 0 Å². The summed E-state index contributed by atoms with van der Waals surface area (Å²) >= 11 is 0. The Hall–Kier alpha value is -2.09. The van der Waals surface area contributed by atoms with Crippen molar-refractivity contribution in [3.05, 3.63) is 70.8 Å². The molecular formula is C18H17NO. The van der Waals surface area contributed by atoms with Crippen LogP contribution in [0.3, 0.4) is 0 Å². The zero-order valence-corrected chi connectivity index (χ0v) is 11.4. The maximum atomic E-state index is 12.4. The SMILES string of the molecule is O=C1NC2(CCc3ccccc3C2)Cc2ccccc21. The standard InChI is InChI=1S/C18H17NO/c20-17-16-8-4-3-7-15(16)12-18(19-17)10-9-13-5-1-2-6-14(13)11-18/h1-8H,9-12H2,(H,19,20). The van der Waals surface area contributed by atoms with Gasteiger partial charge in [-0.05, 0) is 48.4 Å². The third kappa shape index (κ3) is 1.75. The van der Waals surface area contributed by atoms with Crippen molar-refractivity contribution in [2.24, 2.45) is 0 Å². The van der Waals surface area contributed by atoms with Gasteiger partial charge in [0.25, 0.3) is 5.91 Å². The first kappa shape index (κ1) is 11.7. The Morgan fingerprint density at radius 1 is 0.850 bits per heavy atom. The van der Waals surface area contributed by atoms with Crippen molar-refractivity contribution < 1.29 is 4.79 Å². The molecule has 0 fully saturated rings. The number of aryl methyl sites for hydroxylation is 1. The van der Waals surface area contributed by atoms with E-state index in [0.717, 1.165) is 31.2 Å². The summed E-state index contributed by atoms with van der Waals surface area (Å²) in [5, 5.41) is 3.29. The van der Waals surface area contributed by atoms with Gasteiger partial charge in [-0.15, -0.1) is 0 Å². The van der Waals surface area contributed by atoms with Gasteiger partial charge < -0.3 is 5.32 Å². The van der Waals surface area contributed by atoms with Crippen LogP contribution in [0.2, 0.25) is 0 Å². The van der Waals surface area contributed by atoms with E-state index < -0.39 is 0 Å². The topological polar surface area (TPSA) is 29.1 Å². The van der Waals surface area contributed by atoms with E-state index in [-0.39, 0.29) is 11.4 Å². The molecule has 1 atom stereocenters. The minimum Gasteiger partial charge on any atom is -0.346 e. The average molecular weight is 263 g/mol. The van der Waals surface area contributed by atoms with Gasteiger partial charge in [0.2, 0.25) is 0 Å². The van der Waals surface area contributed by atoms with E-state index in [4.69, 9.17) is 0 Å². The largest absolute Gasteiger partial charge is 0.346 e. The smallest absolute Gasteiger partial charge is 0.252 e. The number of hydrogen-bond donors (Lipinski definition) is 1. The second-order valence-electron chi connectivity index (χ2n) is 6.01. The fourth-order valence-corrected chi connectivity index (χ4v) is 3.67. The molecule has 0 radical (unpaired) electrons. The Kier molecular flexibility index (Phi) is 2.46. The first-order valence-electron chi connectivity index (χ1n) is 7.23. The molecular weight excluding hydrogens is 246 g/mol. The van der Waals surface area contributed by atoms with Crippen LogP contribution in [0.25, 0.3) is 0 Å². The van der Waals surface area contributed by atoms with Gasteiger partial charge in [0, 0.05) is 11.1 Å². The number of carbonyl (C=O) groups excluding carboxylic acids is 1. The Morgan fingerprint density at radius 3 is 2.35 bits per heavy atom. The molecule has 0 aromatic heterocycles. The van der Waals surface area contributed by atoms with E-state index in [1.807, 2.05) is 18.2 Å². The number of benzene rings is 2. The van der Waals surface area contributed by atoms with E-state index in [2.05, 4.69) is 35.6 Å². The first-order valence-corrected chi connectivity index (χ1v) is 7.23. The summed E-state index contributed by atoms with van der Waals surface area (Å²) in [6, 6.07) is 16.6. The van der Waals surface area contributed by atoms with Crippen LogP contribution in [0.4, 0.5) is 0 Å². The van der Waals surface area contributed by atoms with E-state index in [0.29, 0.717) is 0 Å². The highest BCUT2D eigenvalue weighted by atomic mass is 16.1. The lowest BCUT2D eigenvalue weighted by molar-refractivity contribution is 0.0866. The molecule has 1 aliphatic carbocycles. The second kappa shape index (κ2) is 4.20. The van der Waals surface area contributed by atoms with Gasteiger partial charge in [-0.1, -0.05) is 42.5 Å². The summed E-state index contributed by atoms with van der Waals surface area (Å²) in [5.41, 5.74) is 4.78. The lowest BCUT2D eigenvalue weighted by Gasteiger charge is -2.42. The summed E-state index contributed by atoms with van der Waals surface area (Å²) in [5.74, 6) is 0.0891. The highest BCUT2D eigenvalue weighted by Crippen LogP contribution is 2.34. The maximum Gasteiger partial charge on any atom is 0.252 e. The molecule has 1 spiro atoms. The van der Waals surface area contributed by atoms with Crippen LogP contribution in [0.15, 0.2) is 48.5 Å². The van der Waals surface area contributed by atoms with Gasteiger partial charge in [-0.2, -0.15) is 0 Å². The molecule has 1 aliphatic heterocycles. The number of amides is 1. The Bertz CT molecular complexity index is 691. The molecule has 2 aliphatic rings. The number of fused-ring (bicyclic) bond motifs is 2. The predicted octanol–water partition coefficient (Wildman–Crippen LogP) is 2.90. The molecule has 4 rings (SSSR count). The van der Waals surface area contributed by atoms with Crippen LogP contribution >= 0.6 is 0 Å². The summed E-state index contributed by atoms with van der Waals surface area (Å²) < 4.78 is 0. The summed E-state index contributed by atoms with van der Waals surface area (Å²) in [4.78, 5) is 12.4. The lowest BCUT2D eigenvalue weighted by Crippen LogP contribution is -2.56. The average Bonchev–Trinajstić information content (AvgIpc) is 2.47. The molecule has 1 heterocycles. The summed E-state index contributed by atoms with van der Waals surface area (Å²) in [6.07, 6.45) is 3.98. The summed E-state index contributed by atoms with van der Waals surface area (Å²) in [6.45, 7) is 0. The van der Waals surface area contributed by atoms with Crippen LogP contribution < -0.4 is 5.32 Å². The molecule has 2 nitrogen and oxygen atoms in total. The fraction of sp³-hybridized carbons (Fsp3) is 0.278. The molecule has 1 amide bonds. The minimum atomic E-state index is -0.0835. The highest BCUT2D eigenvalue weighted by molar-refractivity contribution is 5.97. The molecule has 1 N–H and O–H groups in total. The molecule has 2 aromatic rings. The van der Waals surface area contributed by atoms with E-state index >= 15 is 0 Å². The van der Waals surface area contributed by atoms with Crippen molar-refractivity contribution >= 4 is 5.91 Å². The molecule has 0 saturated carbocycles. The van der Waals surface area contributed by atoms with Gasteiger partial charge in [0.05, 0.1) is 0 Å². The molecule has 1 unspecified atom stereocenters. The van der Waals surface area contributed by atoms with Crippen LogP contribution in [-0.2, 0) is 19.3 Å². The number of hydrogen-bond acceptors (Lipinski definition) is 1. The van der Waals surface area contributed by atoms with Gasteiger partial charge in [-0.3, -0.25) is 4.79 Å². The Balaban J connectivity index is 1.73. The normalized spacial score (nSPS) is 23.9. The van der Waals surface area contributed by atoms with E-state index in [1.54, 1.807) is 0 Å². The molecule has 100 valence electrons. The monoisotopic (exact) mass is 263 g/mol. The zero-order valence-electron chi connectivity index (χ0n) is 11.4. The van der Waals surface area contributed by atoms with Crippen molar-refractivity contribution in [2.45, 2.75) is 31.2 Å². The predicted molar refractivity (Wildman–Crippen MR) is 78.8 cm³/mol. The van der Waals surface area contributed by atoms with Crippen molar-refractivity contribution in [1.29, 1.82) is 0 Å². The quantitative estimate of drug-likeness (QED) is 0.778. The van der Waals surface area contributed by atoms with Crippen molar-refractivity contribution in [1.82, 2.24) is 5.32 Å². The molecule has 0 bridgehead atoms. The summed E-state index contributed by atoms with van der Waals surface area (Å²) in [7, 11) is 0. The van der Waals surface area contributed by atoms with E-state index in [1.165, 1.54) is 16.7 Å². The van der Waals surface area contributed by atoms with Crippen molar-refractivity contribution in [2.75, 3.05) is 0 Å². The maximum absolute atomic E-state index is 12.4. The van der Waals surface area contributed by atoms with Crippen LogP contribution in [-0.4, -0.2) is 11.4 Å². The highest BCUT2D eigenvalue weighted by Gasteiger charge is 2.39. The van der Waals surface area contributed by atoms with Gasteiger partial charge in [0.15, 0.2) is 0 Å². The van der Waals surface area contributed by atoms with Gasteiger partial charge in [-0.25, -0.2) is 0 Å². The lowest BCUT2D eigenvalue weighted by atomic mass is 9.72. The van der Waals surface area contributed by atoms with Gasteiger partial charge >= 0.3 is 0 Å². The molecule has 2 heteroatoms. The van der Waals surface area contributed by atoms with Crippen LogP contribution in [0.1, 0.15) is 33.5 Å². The zero-order chi connectivity index (χ0) is 13.6. The molecule has 0 saturated heterocycles. The van der Waals surface area contributed by atoms with E-state index in [9.17, 15) is 4.79 Å². The Morgan fingerprint density at radius 2 is 1.50 bits per heavy atom. The van der Waals surface area contributed by atoms with Crippen LogP contribution in [0.5, 0.6) is 0 Å². The number of nitrogens with one attached hydrogen (secondary N) is 1. The number of rotatable bonds is 0. The van der Waals surface area contributed by atoms with Gasteiger partial charge in [0.1, 0.15) is 0 Å². The third-order valence-electron chi connectivity index (χ3n) is 4.69. The number of carbonyl (C=O) groups is 1. The Labute approximate surface area is 118 Å². The molecule has 20 heavy (non-hydrogen) atoms. The fourth-order valence-electron chi connectivity index (χ4n) is 3.67. The first-order chi connectivity index (χ1) is 9.76. The molecule has 2 aromatic carbocycles. The second-order valence-corrected chi connectivity index (χ2v) is 6.01. The van der Waals surface area contributed by atoms with Crippen LogP contribution in [0, 0.1) is 0 Å². The van der Waals surface area contributed by atoms with Crippen molar-refractivity contribution in [3.8, 4) is 0 Å². The minimum absolute atomic E-state index is 0.0835. The third-order valence-corrected chi connectivity index (χ3v) is 4.69.